The molecule has 1 unspecified atom stereocenters. The molecule has 0 aromatic rings. The van der Waals surface area contributed by atoms with E-state index in [1.54, 1.807) is 0 Å². The summed E-state index contributed by atoms with van der Waals surface area (Å²) in [7, 11) is 0. The topological polar surface area (TPSA) is 40.5 Å². The molecule has 0 fully saturated rings. The Labute approximate surface area is 104 Å². The Balaban J connectivity index is 3.13. The summed E-state index contributed by atoms with van der Waals surface area (Å²) in [6.07, 6.45) is 6.24. The molecule has 0 radical (unpaired) electrons. The number of carbonyl (C=O) groups is 1. The molecular weight excluding hydrogens is 214 g/mol. The number of allylic oxidation sites excluding steroid dienone is 2. The van der Waals surface area contributed by atoms with Crippen molar-refractivity contribution in [1.82, 2.24) is 4.90 Å². The van der Waals surface area contributed by atoms with Crippen LogP contribution in [0.15, 0.2) is 23.4 Å². The number of aliphatic carboxylic acids is 1. The van der Waals surface area contributed by atoms with Crippen LogP contribution in [0.3, 0.4) is 0 Å². The predicted molar refractivity (Wildman–Crippen MR) is 69.8 cm³/mol. The van der Waals surface area contributed by atoms with Crippen molar-refractivity contribution >= 4 is 5.97 Å². The van der Waals surface area contributed by atoms with Gasteiger partial charge in [0.1, 0.15) is 0 Å². The average Bonchev–Trinajstić information content (AvgIpc) is 2.23. The molecule has 0 bridgehead atoms. The van der Waals surface area contributed by atoms with Crippen molar-refractivity contribution in [2.45, 2.75) is 52.5 Å². The van der Waals surface area contributed by atoms with E-state index in [4.69, 9.17) is 5.11 Å². The van der Waals surface area contributed by atoms with Crippen LogP contribution in [0.2, 0.25) is 0 Å². The molecule has 1 aliphatic heterocycles. The molecular formula is C14H23NO2. The molecule has 3 heteroatoms. The first-order valence-electron chi connectivity index (χ1n) is 6.32. The summed E-state index contributed by atoms with van der Waals surface area (Å²) in [4.78, 5) is 13.3. The summed E-state index contributed by atoms with van der Waals surface area (Å²) in [5, 5.41) is 9.16. The van der Waals surface area contributed by atoms with Crippen molar-refractivity contribution in [2.24, 2.45) is 0 Å². The molecule has 1 N–H and O–H groups in total. The molecule has 96 valence electrons. The van der Waals surface area contributed by atoms with E-state index in [-0.39, 0.29) is 12.0 Å². The monoisotopic (exact) mass is 237 g/mol. The maximum absolute atomic E-state index is 11.1. The number of rotatable bonds is 5. The Kier molecular flexibility index (Phi) is 4.38. The molecule has 1 aliphatic rings. The summed E-state index contributed by atoms with van der Waals surface area (Å²) in [6, 6.07) is 0. The van der Waals surface area contributed by atoms with Crippen molar-refractivity contribution in [3.05, 3.63) is 23.4 Å². The third kappa shape index (κ3) is 2.71. The Hall–Kier alpha value is -1.25. The van der Waals surface area contributed by atoms with Crippen molar-refractivity contribution < 1.29 is 9.90 Å². The molecule has 1 rings (SSSR count). The van der Waals surface area contributed by atoms with Crippen LogP contribution in [0.4, 0.5) is 0 Å². The van der Waals surface area contributed by atoms with E-state index in [0.29, 0.717) is 0 Å². The lowest BCUT2D eigenvalue weighted by atomic mass is 9.80. The van der Waals surface area contributed by atoms with Gasteiger partial charge in [0.25, 0.3) is 0 Å². The SMILES string of the molecule is CCCN1C=C(C)C=C(C)C1(CC)CC(=O)O. The van der Waals surface area contributed by atoms with Gasteiger partial charge in [0, 0.05) is 12.7 Å². The van der Waals surface area contributed by atoms with Crippen LogP contribution >= 0.6 is 0 Å². The molecule has 0 spiro atoms. The van der Waals surface area contributed by atoms with Crippen LogP contribution in [-0.4, -0.2) is 28.1 Å². The first-order valence-corrected chi connectivity index (χ1v) is 6.32. The van der Waals surface area contributed by atoms with E-state index in [2.05, 4.69) is 37.9 Å². The molecule has 17 heavy (non-hydrogen) atoms. The molecule has 0 aromatic heterocycles. The molecule has 0 aromatic carbocycles. The lowest BCUT2D eigenvalue weighted by molar-refractivity contribution is -0.139. The highest BCUT2D eigenvalue weighted by Gasteiger charge is 2.38. The van der Waals surface area contributed by atoms with Gasteiger partial charge in [0.2, 0.25) is 0 Å². The van der Waals surface area contributed by atoms with Crippen LogP contribution in [0.25, 0.3) is 0 Å². The lowest BCUT2D eigenvalue weighted by Crippen LogP contribution is -2.49. The predicted octanol–water partition coefficient (Wildman–Crippen LogP) is 3.19. The van der Waals surface area contributed by atoms with Gasteiger partial charge in [-0.1, -0.05) is 19.9 Å². The van der Waals surface area contributed by atoms with Crippen molar-refractivity contribution in [1.29, 1.82) is 0 Å². The second-order valence-electron chi connectivity index (χ2n) is 4.85. The fourth-order valence-electron chi connectivity index (χ4n) is 2.73. The molecule has 0 aliphatic carbocycles. The Morgan fingerprint density at radius 1 is 1.41 bits per heavy atom. The first kappa shape index (κ1) is 13.8. The summed E-state index contributed by atoms with van der Waals surface area (Å²) in [5.41, 5.74) is 2.03. The van der Waals surface area contributed by atoms with Crippen LogP contribution in [0, 0.1) is 0 Å². The van der Waals surface area contributed by atoms with Crippen LogP contribution in [-0.2, 0) is 4.79 Å². The van der Waals surface area contributed by atoms with E-state index in [1.807, 2.05) is 6.92 Å². The van der Waals surface area contributed by atoms with E-state index in [9.17, 15) is 4.79 Å². The average molecular weight is 237 g/mol. The van der Waals surface area contributed by atoms with Crippen molar-refractivity contribution in [3.8, 4) is 0 Å². The summed E-state index contributed by atoms with van der Waals surface area (Å²) in [6.45, 7) is 9.21. The van der Waals surface area contributed by atoms with Crippen LogP contribution < -0.4 is 0 Å². The maximum Gasteiger partial charge on any atom is 0.306 e. The van der Waals surface area contributed by atoms with Gasteiger partial charge in [-0.15, -0.1) is 0 Å². The van der Waals surface area contributed by atoms with Gasteiger partial charge in [-0.05, 0) is 37.8 Å². The Bertz CT molecular complexity index is 357. The third-order valence-corrected chi connectivity index (χ3v) is 3.58. The van der Waals surface area contributed by atoms with Gasteiger partial charge in [-0.2, -0.15) is 0 Å². The van der Waals surface area contributed by atoms with E-state index < -0.39 is 5.97 Å². The second kappa shape index (κ2) is 5.39. The summed E-state index contributed by atoms with van der Waals surface area (Å²) < 4.78 is 0. The van der Waals surface area contributed by atoms with Gasteiger partial charge in [-0.3, -0.25) is 4.79 Å². The van der Waals surface area contributed by atoms with Crippen LogP contribution in [0.5, 0.6) is 0 Å². The van der Waals surface area contributed by atoms with E-state index in [1.165, 1.54) is 5.57 Å². The highest BCUT2D eigenvalue weighted by atomic mass is 16.4. The van der Waals surface area contributed by atoms with Crippen molar-refractivity contribution in [2.75, 3.05) is 6.54 Å². The largest absolute Gasteiger partial charge is 0.481 e. The molecule has 0 amide bonds. The number of hydrogen-bond donors (Lipinski definition) is 1. The minimum atomic E-state index is -0.728. The molecule has 1 atom stereocenters. The minimum Gasteiger partial charge on any atom is -0.481 e. The second-order valence-corrected chi connectivity index (χ2v) is 4.85. The van der Waals surface area contributed by atoms with Gasteiger partial charge in [0.15, 0.2) is 0 Å². The summed E-state index contributed by atoms with van der Waals surface area (Å²) >= 11 is 0. The number of hydrogen-bond acceptors (Lipinski definition) is 2. The zero-order valence-corrected chi connectivity index (χ0v) is 11.3. The van der Waals surface area contributed by atoms with Gasteiger partial charge in [-0.25, -0.2) is 0 Å². The zero-order chi connectivity index (χ0) is 13.1. The molecule has 0 saturated carbocycles. The fourth-order valence-corrected chi connectivity index (χ4v) is 2.73. The molecule has 1 heterocycles. The standard InChI is InChI=1S/C14H23NO2/c1-5-7-15-10-11(3)8-12(4)14(15,6-2)9-13(16)17/h8,10H,5-7,9H2,1-4H3,(H,16,17). The van der Waals surface area contributed by atoms with Gasteiger partial charge >= 0.3 is 5.97 Å². The smallest absolute Gasteiger partial charge is 0.306 e. The molecule has 3 nitrogen and oxygen atoms in total. The quantitative estimate of drug-likeness (QED) is 0.798. The number of carboxylic acids is 1. The number of nitrogens with zero attached hydrogens (tertiary/aromatic N) is 1. The molecule has 0 saturated heterocycles. The highest BCUT2D eigenvalue weighted by Crippen LogP contribution is 2.36. The Morgan fingerprint density at radius 2 is 2.06 bits per heavy atom. The van der Waals surface area contributed by atoms with Gasteiger partial charge < -0.3 is 10.0 Å². The normalized spacial score (nSPS) is 24.4. The minimum absolute atomic E-state index is 0.176. The van der Waals surface area contributed by atoms with Gasteiger partial charge in [0.05, 0.1) is 12.0 Å². The maximum atomic E-state index is 11.1. The third-order valence-electron chi connectivity index (χ3n) is 3.58. The highest BCUT2D eigenvalue weighted by molar-refractivity contribution is 5.69. The number of carboxylic acid groups (broad SMARTS) is 1. The summed E-state index contributed by atoms with van der Waals surface area (Å²) in [5.74, 6) is -0.728. The van der Waals surface area contributed by atoms with E-state index >= 15 is 0 Å². The Morgan fingerprint density at radius 3 is 2.53 bits per heavy atom. The van der Waals surface area contributed by atoms with E-state index in [0.717, 1.165) is 25.0 Å². The fraction of sp³-hybridized carbons (Fsp3) is 0.643. The first-order chi connectivity index (χ1) is 7.96. The van der Waals surface area contributed by atoms with Crippen LogP contribution in [0.1, 0.15) is 47.0 Å². The zero-order valence-electron chi connectivity index (χ0n) is 11.3. The van der Waals surface area contributed by atoms with Crippen molar-refractivity contribution in [3.63, 3.8) is 0 Å². The lowest BCUT2D eigenvalue weighted by Gasteiger charge is -2.46.